The minimum Gasteiger partial charge on any atom is -0.399 e. The molecule has 8 nitrogen and oxygen atoms in total. The number of carbonyl (C=O) groups is 1. The van der Waals surface area contributed by atoms with Crippen molar-refractivity contribution in [3.63, 3.8) is 0 Å². The van der Waals surface area contributed by atoms with Crippen molar-refractivity contribution < 1.29 is 4.79 Å². The number of hydrogen-bond donors (Lipinski definition) is 3. The molecule has 1 aliphatic heterocycles. The summed E-state index contributed by atoms with van der Waals surface area (Å²) in [5.74, 6) is 0.535. The van der Waals surface area contributed by atoms with E-state index in [1.807, 2.05) is 4.90 Å². The molecule has 4 rings (SSSR count). The smallest absolute Gasteiger partial charge is 0.253 e. The van der Waals surface area contributed by atoms with Gasteiger partial charge in [0.2, 0.25) is 5.95 Å². The highest BCUT2D eigenvalue weighted by atomic mass is 35.5. The van der Waals surface area contributed by atoms with Gasteiger partial charge in [-0.2, -0.15) is 5.10 Å². The Morgan fingerprint density at radius 2 is 1.96 bits per heavy atom. The minimum absolute atomic E-state index is 0.0296. The molecule has 9 heteroatoms. The average molecular weight is 398 g/mol. The molecule has 2 aromatic heterocycles. The number of aromatic amines is 1. The molecule has 0 bridgehead atoms. The number of anilines is 2. The van der Waals surface area contributed by atoms with Crippen molar-refractivity contribution in [2.45, 2.75) is 18.9 Å². The molecule has 0 radical (unpaired) electrons. The summed E-state index contributed by atoms with van der Waals surface area (Å²) in [6.45, 7) is 1.33. The maximum Gasteiger partial charge on any atom is 0.253 e. The Morgan fingerprint density at radius 3 is 2.64 bits per heavy atom. The number of nitrogens with two attached hydrogens (primary N) is 1. The standard InChI is InChI=1S/C19H20ClN7O/c20-15-11-22-19(25-17(15)16-5-8-23-26-16)24-14-6-9-27(10-7-14)18(28)12-1-3-13(21)4-2-12/h1-5,8,11,14H,6-7,9-10,21H2,(H,23,26)(H,22,24,25). The van der Waals surface area contributed by atoms with Crippen molar-refractivity contribution >= 4 is 29.1 Å². The van der Waals surface area contributed by atoms with Crippen LogP contribution < -0.4 is 11.1 Å². The van der Waals surface area contributed by atoms with Crippen molar-refractivity contribution in [1.29, 1.82) is 0 Å². The lowest BCUT2D eigenvalue weighted by molar-refractivity contribution is 0.0718. The number of halogens is 1. The zero-order chi connectivity index (χ0) is 19.5. The number of aromatic nitrogens is 4. The lowest BCUT2D eigenvalue weighted by Gasteiger charge is -2.32. The fraction of sp³-hybridized carbons (Fsp3) is 0.263. The number of amides is 1. The molecule has 28 heavy (non-hydrogen) atoms. The molecule has 1 aliphatic rings. The van der Waals surface area contributed by atoms with Crippen LogP contribution >= 0.6 is 11.6 Å². The van der Waals surface area contributed by atoms with Gasteiger partial charge in [0, 0.05) is 36.6 Å². The number of nitrogen functional groups attached to an aromatic ring is 1. The summed E-state index contributed by atoms with van der Waals surface area (Å²) >= 11 is 6.19. The highest BCUT2D eigenvalue weighted by Gasteiger charge is 2.24. The van der Waals surface area contributed by atoms with Gasteiger partial charge in [0.25, 0.3) is 5.91 Å². The molecule has 3 heterocycles. The number of H-pyrrole nitrogens is 1. The van der Waals surface area contributed by atoms with E-state index in [0.29, 0.717) is 46.7 Å². The van der Waals surface area contributed by atoms with Gasteiger partial charge in [-0.3, -0.25) is 9.89 Å². The average Bonchev–Trinajstić information content (AvgIpc) is 3.25. The number of rotatable bonds is 4. The number of benzene rings is 1. The molecule has 0 aliphatic carbocycles. The van der Waals surface area contributed by atoms with Gasteiger partial charge in [-0.25, -0.2) is 9.97 Å². The number of hydrogen-bond acceptors (Lipinski definition) is 6. The normalized spacial score (nSPS) is 14.8. The Balaban J connectivity index is 1.38. The molecule has 1 fully saturated rings. The number of nitrogens with zero attached hydrogens (tertiary/aromatic N) is 4. The van der Waals surface area contributed by atoms with Crippen LogP contribution in [-0.4, -0.2) is 50.1 Å². The zero-order valence-corrected chi connectivity index (χ0v) is 15.9. The molecule has 4 N–H and O–H groups in total. The first-order valence-electron chi connectivity index (χ1n) is 9.04. The van der Waals surface area contributed by atoms with Gasteiger partial charge >= 0.3 is 0 Å². The van der Waals surface area contributed by atoms with Gasteiger partial charge in [0.15, 0.2) is 0 Å². The highest BCUT2D eigenvalue weighted by Crippen LogP contribution is 2.25. The van der Waals surface area contributed by atoms with Gasteiger partial charge < -0.3 is 16.0 Å². The maximum absolute atomic E-state index is 12.6. The molecule has 0 atom stereocenters. The van der Waals surface area contributed by atoms with Crippen molar-refractivity contribution in [1.82, 2.24) is 25.1 Å². The van der Waals surface area contributed by atoms with E-state index in [2.05, 4.69) is 25.5 Å². The lowest BCUT2D eigenvalue weighted by Crippen LogP contribution is -2.42. The number of piperidine rings is 1. The fourth-order valence-electron chi connectivity index (χ4n) is 3.23. The molecule has 1 amide bonds. The first-order chi connectivity index (χ1) is 13.6. The molecule has 0 saturated carbocycles. The second-order valence-electron chi connectivity index (χ2n) is 6.68. The first-order valence-corrected chi connectivity index (χ1v) is 9.42. The molecule has 0 spiro atoms. The van der Waals surface area contributed by atoms with Crippen LogP contribution in [0, 0.1) is 0 Å². The minimum atomic E-state index is 0.0296. The van der Waals surface area contributed by atoms with Gasteiger partial charge in [0.1, 0.15) is 11.4 Å². The summed E-state index contributed by atoms with van der Waals surface area (Å²) in [6.07, 6.45) is 4.91. The largest absolute Gasteiger partial charge is 0.399 e. The quantitative estimate of drug-likeness (QED) is 0.583. The van der Waals surface area contributed by atoms with Crippen LogP contribution in [0.3, 0.4) is 0 Å². The summed E-state index contributed by atoms with van der Waals surface area (Å²) in [5, 5.41) is 10.7. The summed E-state index contributed by atoms with van der Waals surface area (Å²) in [4.78, 5) is 23.2. The SMILES string of the molecule is Nc1ccc(C(=O)N2CCC(Nc3ncc(Cl)c(-c4cc[nH]n4)n3)CC2)cc1. The number of carbonyl (C=O) groups excluding carboxylic acids is 1. The Bertz CT molecular complexity index is 951. The van der Waals surface area contributed by atoms with Crippen LogP contribution in [0.1, 0.15) is 23.2 Å². The lowest BCUT2D eigenvalue weighted by atomic mass is 10.0. The van der Waals surface area contributed by atoms with Gasteiger partial charge in [0.05, 0.1) is 11.2 Å². The predicted octanol–water partition coefficient (Wildman–Crippen LogP) is 2.82. The van der Waals surface area contributed by atoms with Crippen molar-refractivity contribution in [3.05, 3.63) is 53.3 Å². The van der Waals surface area contributed by atoms with E-state index in [1.54, 1.807) is 42.7 Å². The molecule has 3 aromatic rings. The summed E-state index contributed by atoms with van der Waals surface area (Å²) < 4.78 is 0. The second kappa shape index (κ2) is 7.85. The van der Waals surface area contributed by atoms with E-state index in [4.69, 9.17) is 17.3 Å². The summed E-state index contributed by atoms with van der Waals surface area (Å²) in [7, 11) is 0. The van der Waals surface area contributed by atoms with Gasteiger partial charge in [-0.15, -0.1) is 0 Å². The topological polar surface area (TPSA) is 113 Å². The molecular weight excluding hydrogens is 378 g/mol. The zero-order valence-electron chi connectivity index (χ0n) is 15.1. The maximum atomic E-state index is 12.6. The highest BCUT2D eigenvalue weighted by molar-refractivity contribution is 6.32. The van der Waals surface area contributed by atoms with Crippen molar-refractivity contribution in [2.24, 2.45) is 0 Å². The fourth-order valence-corrected chi connectivity index (χ4v) is 3.41. The predicted molar refractivity (Wildman–Crippen MR) is 108 cm³/mol. The second-order valence-corrected chi connectivity index (χ2v) is 7.09. The first kappa shape index (κ1) is 18.2. The molecule has 1 aromatic carbocycles. The molecule has 0 unspecified atom stereocenters. The van der Waals surface area contributed by atoms with Crippen LogP contribution in [0.25, 0.3) is 11.4 Å². The Labute approximate surface area is 167 Å². The Morgan fingerprint density at radius 1 is 1.21 bits per heavy atom. The van der Waals surface area contributed by atoms with E-state index in [-0.39, 0.29) is 11.9 Å². The van der Waals surface area contributed by atoms with Gasteiger partial charge in [-0.05, 0) is 43.2 Å². The summed E-state index contributed by atoms with van der Waals surface area (Å²) in [6, 6.07) is 9.01. The van der Waals surface area contributed by atoms with Crippen molar-refractivity contribution in [3.8, 4) is 11.4 Å². The third-order valence-corrected chi connectivity index (χ3v) is 5.04. The monoisotopic (exact) mass is 397 g/mol. The van der Waals surface area contributed by atoms with E-state index < -0.39 is 0 Å². The molecule has 144 valence electrons. The van der Waals surface area contributed by atoms with E-state index >= 15 is 0 Å². The summed E-state index contributed by atoms with van der Waals surface area (Å²) in [5.41, 5.74) is 8.24. The third kappa shape index (κ3) is 3.91. The van der Waals surface area contributed by atoms with E-state index in [1.165, 1.54) is 0 Å². The van der Waals surface area contributed by atoms with Crippen LogP contribution in [0.2, 0.25) is 5.02 Å². The van der Waals surface area contributed by atoms with Crippen LogP contribution in [0.5, 0.6) is 0 Å². The van der Waals surface area contributed by atoms with Crippen LogP contribution in [0.4, 0.5) is 11.6 Å². The Kier molecular flexibility index (Phi) is 5.12. The number of nitrogens with one attached hydrogen (secondary N) is 2. The van der Waals surface area contributed by atoms with E-state index in [0.717, 1.165) is 12.8 Å². The molecular formula is C19H20ClN7O. The van der Waals surface area contributed by atoms with Crippen LogP contribution in [0.15, 0.2) is 42.7 Å². The van der Waals surface area contributed by atoms with Crippen molar-refractivity contribution in [2.75, 3.05) is 24.1 Å². The number of likely N-dealkylation sites (tertiary alicyclic amines) is 1. The third-order valence-electron chi connectivity index (χ3n) is 4.76. The van der Waals surface area contributed by atoms with E-state index in [9.17, 15) is 4.79 Å². The molecule has 1 saturated heterocycles. The van der Waals surface area contributed by atoms with Gasteiger partial charge in [-0.1, -0.05) is 11.6 Å². The van der Waals surface area contributed by atoms with Crippen LogP contribution in [-0.2, 0) is 0 Å². The Hall–Kier alpha value is -3.13.